The zero-order valence-electron chi connectivity index (χ0n) is 11.9. The second kappa shape index (κ2) is 12.3. The Balaban J connectivity index is 3.11. The molecule has 17 heavy (non-hydrogen) atoms. The van der Waals surface area contributed by atoms with Crippen molar-refractivity contribution in [2.24, 2.45) is 0 Å². The zero-order valence-corrected chi connectivity index (χ0v) is 11.9. The molecule has 3 heteroatoms. The van der Waals surface area contributed by atoms with E-state index in [2.05, 4.69) is 12.2 Å². The minimum atomic E-state index is -0.377. The van der Waals surface area contributed by atoms with Crippen molar-refractivity contribution >= 4 is 0 Å². The van der Waals surface area contributed by atoms with Gasteiger partial charge in [0.1, 0.15) is 0 Å². The maximum Gasteiger partial charge on any atom is 0.0897 e. The largest absolute Gasteiger partial charge is 0.389 e. The number of hydrogen-bond acceptors (Lipinski definition) is 3. The molecule has 0 saturated carbocycles. The molecule has 0 aliphatic rings. The van der Waals surface area contributed by atoms with E-state index in [0.29, 0.717) is 13.2 Å². The van der Waals surface area contributed by atoms with Crippen LogP contribution in [-0.4, -0.2) is 37.0 Å². The Labute approximate surface area is 107 Å². The summed E-state index contributed by atoms with van der Waals surface area (Å²) < 4.78 is 5.34. The SMILES string of the molecule is CCCCCCCCNCC(O)COC(C)C. The average molecular weight is 245 g/mol. The molecule has 0 aromatic rings. The lowest BCUT2D eigenvalue weighted by molar-refractivity contribution is 0.00646. The van der Waals surface area contributed by atoms with E-state index < -0.39 is 0 Å². The van der Waals surface area contributed by atoms with Crippen molar-refractivity contribution in [1.82, 2.24) is 5.32 Å². The van der Waals surface area contributed by atoms with Gasteiger partial charge in [-0.3, -0.25) is 0 Å². The van der Waals surface area contributed by atoms with Crippen molar-refractivity contribution in [1.29, 1.82) is 0 Å². The predicted octanol–water partition coefficient (Wildman–Crippen LogP) is 2.72. The lowest BCUT2D eigenvalue weighted by atomic mass is 10.1. The monoisotopic (exact) mass is 245 g/mol. The summed E-state index contributed by atoms with van der Waals surface area (Å²) in [6, 6.07) is 0. The van der Waals surface area contributed by atoms with Crippen LogP contribution in [0.25, 0.3) is 0 Å². The Hall–Kier alpha value is -0.120. The highest BCUT2D eigenvalue weighted by Gasteiger charge is 2.04. The first-order valence-corrected chi connectivity index (χ1v) is 7.17. The summed E-state index contributed by atoms with van der Waals surface area (Å²) in [4.78, 5) is 0. The molecule has 0 aromatic carbocycles. The van der Waals surface area contributed by atoms with Crippen LogP contribution in [0.4, 0.5) is 0 Å². The van der Waals surface area contributed by atoms with E-state index in [4.69, 9.17) is 4.74 Å². The Morgan fingerprint density at radius 2 is 1.71 bits per heavy atom. The number of nitrogens with one attached hydrogen (secondary N) is 1. The average Bonchev–Trinajstić information content (AvgIpc) is 2.30. The van der Waals surface area contributed by atoms with Crippen molar-refractivity contribution in [2.75, 3.05) is 19.7 Å². The van der Waals surface area contributed by atoms with E-state index in [-0.39, 0.29) is 12.2 Å². The molecular formula is C14H31NO2. The highest BCUT2D eigenvalue weighted by Crippen LogP contribution is 2.03. The minimum Gasteiger partial charge on any atom is -0.389 e. The van der Waals surface area contributed by atoms with Gasteiger partial charge in [0.2, 0.25) is 0 Å². The first-order valence-electron chi connectivity index (χ1n) is 7.17. The van der Waals surface area contributed by atoms with E-state index in [9.17, 15) is 5.11 Å². The Kier molecular flexibility index (Phi) is 12.3. The van der Waals surface area contributed by atoms with E-state index in [1.165, 1.54) is 38.5 Å². The fourth-order valence-corrected chi connectivity index (χ4v) is 1.66. The summed E-state index contributed by atoms with van der Waals surface area (Å²) >= 11 is 0. The Bertz CT molecular complexity index is 151. The van der Waals surface area contributed by atoms with Crippen LogP contribution in [0.2, 0.25) is 0 Å². The summed E-state index contributed by atoms with van der Waals surface area (Å²) in [6.45, 7) is 8.28. The molecule has 104 valence electrons. The highest BCUT2D eigenvalue weighted by atomic mass is 16.5. The molecule has 0 amide bonds. The van der Waals surface area contributed by atoms with Crippen LogP contribution in [-0.2, 0) is 4.74 Å². The van der Waals surface area contributed by atoms with Gasteiger partial charge in [-0.15, -0.1) is 0 Å². The second-order valence-electron chi connectivity index (χ2n) is 5.01. The zero-order chi connectivity index (χ0) is 12.9. The minimum absolute atomic E-state index is 0.197. The van der Waals surface area contributed by atoms with E-state index in [1.807, 2.05) is 13.8 Å². The maximum absolute atomic E-state index is 9.58. The van der Waals surface area contributed by atoms with Crippen molar-refractivity contribution < 1.29 is 9.84 Å². The molecule has 0 aliphatic carbocycles. The summed E-state index contributed by atoms with van der Waals surface area (Å²) in [7, 11) is 0. The van der Waals surface area contributed by atoms with Crippen LogP contribution in [0.3, 0.4) is 0 Å². The van der Waals surface area contributed by atoms with Crippen molar-refractivity contribution in [3.05, 3.63) is 0 Å². The summed E-state index contributed by atoms with van der Waals surface area (Å²) in [5.41, 5.74) is 0. The molecule has 2 N–H and O–H groups in total. The van der Waals surface area contributed by atoms with Gasteiger partial charge in [-0.05, 0) is 26.8 Å². The van der Waals surface area contributed by atoms with Gasteiger partial charge >= 0.3 is 0 Å². The van der Waals surface area contributed by atoms with Crippen LogP contribution in [0.5, 0.6) is 0 Å². The number of aliphatic hydroxyl groups is 1. The lowest BCUT2D eigenvalue weighted by Crippen LogP contribution is -2.31. The van der Waals surface area contributed by atoms with Gasteiger partial charge in [0, 0.05) is 6.54 Å². The molecule has 1 atom stereocenters. The third-order valence-electron chi connectivity index (χ3n) is 2.71. The van der Waals surface area contributed by atoms with Crippen molar-refractivity contribution in [3.8, 4) is 0 Å². The van der Waals surface area contributed by atoms with Crippen LogP contribution < -0.4 is 5.32 Å². The lowest BCUT2D eigenvalue weighted by Gasteiger charge is -2.14. The molecule has 0 aromatic heterocycles. The molecule has 3 nitrogen and oxygen atoms in total. The Morgan fingerprint density at radius 1 is 1.06 bits per heavy atom. The van der Waals surface area contributed by atoms with Gasteiger partial charge < -0.3 is 15.2 Å². The molecule has 1 unspecified atom stereocenters. The molecule has 0 aliphatic heterocycles. The van der Waals surface area contributed by atoms with E-state index in [1.54, 1.807) is 0 Å². The molecule has 0 radical (unpaired) electrons. The summed E-state index contributed by atoms with van der Waals surface area (Å²) in [6.07, 6.45) is 7.70. The first kappa shape index (κ1) is 16.9. The van der Waals surface area contributed by atoms with Gasteiger partial charge in [-0.25, -0.2) is 0 Å². The third-order valence-corrected chi connectivity index (χ3v) is 2.71. The van der Waals surface area contributed by atoms with Gasteiger partial charge in [0.25, 0.3) is 0 Å². The standard InChI is InChI=1S/C14H31NO2/c1-4-5-6-7-8-9-10-15-11-14(16)12-17-13(2)3/h13-16H,4-12H2,1-3H3. The number of hydrogen-bond donors (Lipinski definition) is 2. The molecule has 0 spiro atoms. The number of aliphatic hydroxyl groups excluding tert-OH is 1. The van der Waals surface area contributed by atoms with Gasteiger partial charge in [-0.2, -0.15) is 0 Å². The molecule has 0 rings (SSSR count). The topological polar surface area (TPSA) is 41.5 Å². The molecular weight excluding hydrogens is 214 g/mol. The fourth-order valence-electron chi connectivity index (χ4n) is 1.66. The van der Waals surface area contributed by atoms with Crippen molar-refractivity contribution in [3.63, 3.8) is 0 Å². The fraction of sp³-hybridized carbons (Fsp3) is 1.00. The number of rotatable bonds is 12. The highest BCUT2D eigenvalue weighted by molar-refractivity contribution is 4.59. The van der Waals surface area contributed by atoms with Gasteiger partial charge in [0.15, 0.2) is 0 Å². The smallest absolute Gasteiger partial charge is 0.0897 e. The van der Waals surface area contributed by atoms with Gasteiger partial charge in [-0.1, -0.05) is 39.0 Å². The molecule has 0 fully saturated rings. The molecule has 0 heterocycles. The molecule has 0 bridgehead atoms. The van der Waals surface area contributed by atoms with Crippen LogP contribution in [0, 0.1) is 0 Å². The summed E-state index contributed by atoms with van der Waals surface area (Å²) in [5, 5.41) is 12.9. The number of unbranched alkanes of at least 4 members (excludes halogenated alkanes) is 5. The predicted molar refractivity (Wildman–Crippen MR) is 73.3 cm³/mol. The number of ether oxygens (including phenoxy) is 1. The maximum atomic E-state index is 9.58. The van der Waals surface area contributed by atoms with Crippen LogP contribution >= 0.6 is 0 Å². The summed E-state index contributed by atoms with van der Waals surface area (Å²) in [5.74, 6) is 0. The quantitative estimate of drug-likeness (QED) is 0.519. The van der Waals surface area contributed by atoms with E-state index >= 15 is 0 Å². The second-order valence-corrected chi connectivity index (χ2v) is 5.01. The van der Waals surface area contributed by atoms with Gasteiger partial charge in [0.05, 0.1) is 18.8 Å². The van der Waals surface area contributed by atoms with Crippen LogP contribution in [0.1, 0.15) is 59.3 Å². The third kappa shape index (κ3) is 13.8. The van der Waals surface area contributed by atoms with Crippen LogP contribution in [0.15, 0.2) is 0 Å². The van der Waals surface area contributed by atoms with E-state index in [0.717, 1.165) is 6.54 Å². The van der Waals surface area contributed by atoms with Crippen molar-refractivity contribution in [2.45, 2.75) is 71.5 Å². The Morgan fingerprint density at radius 3 is 2.35 bits per heavy atom. The molecule has 0 saturated heterocycles. The first-order chi connectivity index (χ1) is 8.16. The normalized spacial score (nSPS) is 13.2.